The van der Waals surface area contributed by atoms with E-state index in [-0.39, 0.29) is 23.1 Å². The van der Waals surface area contributed by atoms with Gasteiger partial charge in [-0.1, -0.05) is 13.8 Å². The Bertz CT molecular complexity index is 393. The lowest BCUT2D eigenvalue weighted by Gasteiger charge is -2.29. The van der Waals surface area contributed by atoms with E-state index in [1.54, 1.807) is 0 Å². The maximum absolute atomic E-state index is 11.9. The standard InChI is InChI=1S/C14H25N3O3/c1-14(2,8-9-15)7-6-11(18)16-10-4-5-12(19)17(3)13(10)20/h10H,4-9,15H2,1-3H3,(H,16,18). The van der Waals surface area contributed by atoms with E-state index in [4.69, 9.17) is 5.73 Å². The van der Waals surface area contributed by atoms with Crippen molar-refractivity contribution in [1.29, 1.82) is 0 Å². The van der Waals surface area contributed by atoms with Gasteiger partial charge in [0.1, 0.15) is 6.04 Å². The molecule has 20 heavy (non-hydrogen) atoms. The minimum atomic E-state index is -0.567. The van der Waals surface area contributed by atoms with E-state index in [0.29, 0.717) is 25.8 Å². The van der Waals surface area contributed by atoms with Gasteiger partial charge in [-0.15, -0.1) is 0 Å². The molecule has 0 bridgehead atoms. The number of rotatable bonds is 6. The van der Waals surface area contributed by atoms with Gasteiger partial charge in [0.15, 0.2) is 0 Å². The molecule has 1 unspecified atom stereocenters. The van der Waals surface area contributed by atoms with Crippen molar-refractivity contribution in [2.75, 3.05) is 13.6 Å². The molecule has 1 atom stereocenters. The van der Waals surface area contributed by atoms with Gasteiger partial charge >= 0.3 is 0 Å². The predicted octanol–water partition coefficient (Wildman–Crippen LogP) is 0.405. The van der Waals surface area contributed by atoms with Gasteiger partial charge in [0.2, 0.25) is 11.8 Å². The average Bonchev–Trinajstić information content (AvgIpc) is 2.37. The molecule has 1 rings (SSSR count). The van der Waals surface area contributed by atoms with Crippen molar-refractivity contribution in [3.8, 4) is 0 Å². The van der Waals surface area contributed by atoms with Crippen molar-refractivity contribution in [2.24, 2.45) is 11.1 Å². The molecule has 0 saturated carbocycles. The Morgan fingerprint density at radius 1 is 1.40 bits per heavy atom. The first-order chi connectivity index (χ1) is 9.26. The summed E-state index contributed by atoms with van der Waals surface area (Å²) in [5.41, 5.74) is 5.56. The van der Waals surface area contributed by atoms with E-state index < -0.39 is 6.04 Å². The number of nitrogens with zero attached hydrogens (tertiary/aromatic N) is 1. The van der Waals surface area contributed by atoms with E-state index in [1.165, 1.54) is 7.05 Å². The number of imide groups is 1. The molecular weight excluding hydrogens is 258 g/mol. The van der Waals surface area contributed by atoms with Crippen LogP contribution in [0.2, 0.25) is 0 Å². The molecule has 0 aromatic rings. The number of likely N-dealkylation sites (tertiary alicyclic amines) is 1. The van der Waals surface area contributed by atoms with Gasteiger partial charge in [0.05, 0.1) is 0 Å². The van der Waals surface area contributed by atoms with Crippen LogP contribution in [-0.4, -0.2) is 42.3 Å². The first-order valence-electron chi connectivity index (χ1n) is 7.06. The number of carbonyl (C=O) groups excluding carboxylic acids is 3. The summed E-state index contributed by atoms with van der Waals surface area (Å²) in [5.74, 6) is -0.656. The van der Waals surface area contributed by atoms with Crippen molar-refractivity contribution >= 4 is 17.7 Å². The highest BCUT2D eigenvalue weighted by Crippen LogP contribution is 2.25. The summed E-state index contributed by atoms with van der Waals surface area (Å²) in [4.78, 5) is 36.2. The van der Waals surface area contributed by atoms with Crippen LogP contribution >= 0.6 is 0 Å². The molecule has 0 aromatic carbocycles. The summed E-state index contributed by atoms with van der Waals surface area (Å²) in [7, 11) is 1.45. The summed E-state index contributed by atoms with van der Waals surface area (Å²) in [6.45, 7) is 4.75. The average molecular weight is 283 g/mol. The molecule has 0 aliphatic carbocycles. The Balaban J connectivity index is 2.43. The second-order valence-corrected chi connectivity index (χ2v) is 6.15. The van der Waals surface area contributed by atoms with Gasteiger partial charge in [-0.25, -0.2) is 0 Å². The molecular formula is C14H25N3O3. The predicted molar refractivity (Wildman–Crippen MR) is 75.6 cm³/mol. The first kappa shape index (κ1) is 16.6. The number of carbonyl (C=O) groups is 3. The van der Waals surface area contributed by atoms with Crippen molar-refractivity contribution in [1.82, 2.24) is 10.2 Å². The SMILES string of the molecule is CN1C(=O)CCC(NC(=O)CCC(C)(C)CCN)C1=O. The molecule has 1 saturated heterocycles. The Labute approximate surface area is 120 Å². The van der Waals surface area contributed by atoms with Gasteiger partial charge in [-0.05, 0) is 31.2 Å². The fourth-order valence-corrected chi connectivity index (χ4v) is 2.28. The first-order valence-corrected chi connectivity index (χ1v) is 7.06. The third-order valence-corrected chi connectivity index (χ3v) is 3.83. The second kappa shape index (κ2) is 6.83. The molecule has 0 spiro atoms. The van der Waals surface area contributed by atoms with Gasteiger partial charge < -0.3 is 11.1 Å². The lowest BCUT2D eigenvalue weighted by molar-refractivity contribution is -0.149. The van der Waals surface area contributed by atoms with Crippen molar-refractivity contribution < 1.29 is 14.4 Å². The van der Waals surface area contributed by atoms with Crippen LogP contribution in [0.4, 0.5) is 0 Å². The molecule has 1 heterocycles. The monoisotopic (exact) mass is 283 g/mol. The summed E-state index contributed by atoms with van der Waals surface area (Å²) in [6, 6.07) is -0.567. The summed E-state index contributed by atoms with van der Waals surface area (Å²) < 4.78 is 0. The van der Waals surface area contributed by atoms with Crippen LogP contribution in [-0.2, 0) is 14.4 Å². The topological polar surface area (TPSA) is 92.5 Å². The van der Waals surface area contributed by atoms with Gasteiger partial charge in [-0.2, -0.15) is 0 Å². The maximum Gasteiger partial charge on any atom is 0.251 e. The molecule has 1 fully saturated rings. The molecule has 114 valence electrons. The Morgan fingerprint density at radius 2 is 2.05 bits per heavy atom. The summed E-state index contributed by atoms with van der Waals surface area (Å²) in [6.07, 6.45) is 2.64. The van der Waals surface area contributed by atoms with Gasteiger partial charge in [0.25, 0.3) is 5.91 Å². The van der Waals surface area contributed by atoms with Crippen LogP contribution in [0.15, 0.2) is 0 Å². The fourth-order valence-electron chi connectivity index (χ4n) is 2.28. The largest absolute Gasteiger partial charge is 0.344 e. The van der Waals surface area contributed by atoms with Crippen LogP contribution in [0.5, 0.6) is 0 Å². The highest BCUT2D eigenvalue weighted by molar-refractivity contribution is 6.01. The number of nitrogens with two attached hydrogens (primary N) is 1. The molecule has 6 nitrogen and oxygen atoms in total. The van der Waals surface area contributed by atoms with Crippen molar-refractivity contribution in [3.05, 3.63) is 0 Å². The van der Waals surface area contributed by atoms with E-state index in [1.807, 2.05) is 0 Å². The maximum atomic E-state index is 11.9. The number of piperidine rings is 1. The van der Waals surface area contributed by atoms with Crippen LogP contribution in [0.1, 0.15) is 46.0 Å². The zero-order valence-corrected chi connectivity index (χ0v) is 12.6. The second-order valence-electron chi connectivity index (χ2n) is 6.15. The number of hydrogen-bond acceptors (Lipinski definition) is 4. The van der Waals surface area contributed by atoms with Crippen molar-refractivity contribution in [3.63, 3.8) is 0 Å². The van der Waals surface area contributed by atoms with Crippen LogP contribution in [0, 0.1) is 5.41 Å². The van der Waals surface area contributed by atoms with Crippen molar-refractivity contribution in [2.45, 2.75) is 52.0 Å². The number of amides is 3. The zero-order chi connectivity index (χ0) is 15.3. The molecule has 0 aromatic heterocycles. The van der Waals surface area contributed by atoms with E-state index >= 15 is 0 Å². The van der Waals surface area contributed by atoms with Crippen LogP contribution in [0.3, 0.4) is 0 Å². The molecule has 6 heteroatoms. The fraction of sp³-hybridized carbons (Fsp3) is 0.786. The molecule has 1 aliphatic rings. The molecule has 0 radical (unpaired) electrons. The number of hydrogen-bond donors (Lipinski definition) is 2. The highest BCUT2D eigenvalue weighted by Gasteiger charge is 2.32. The third-order valence-electron chi connectivity index (χ3n) is 3.83. The van der Waals surface area contributed by atoms with Crippen LogP contribution < -0.4 is 11.1 Å². The highest BCUT2D eigenvalue weighted by atomic mass is 16.2. The quantitative estimate of drug-likeness (QED) is 0.690. The summed E-state index contributed by atoms with van der Waals surface area (Å²) >= 11 is 0. The van der Waals surface area contributed by atoms with Crippen LogP contribution in [0.25, 0.3) is 0 Å². The Morgan fingerprint density at radius 3 is 2.65 bits per heavy atom. The lowest BCUT2D eigenvalue weighted by Crippen LogP contribution is -2.52. The normalized spacial score (nSPS) is 20.2. The third kappa shape index (κ3) is 4.59. The van der Waals surface area contributed by atoms with E-state index in [9.17, 15) is 14.4 Å². The number of nitrogens with one attached hydrogen (secondary N) is 1. The lowest BCUT2D eigenvalue weighted by atomic mass is 9.84. The van der Waals surface area contributed by atoms with E-state index in [2.05, 4.69) is 19.2 Å². The minimum absolute atomic E-state index is 0.0232. The Kier molecular flexibility index (Phi) is 5.68. The zero-order valence-electron chi connectivity index (χ0n) is 12.6. The molecule has 1 aliphatic heterocycles. The Hall–Kier alpha value is -1.43. The summed E-state index contributed by atoms with van der Waals surface area (Å²) in [5, 5.41) is 2.72. The molecule has 3 amide bonds. The van der Waals surface area contributed by atoms with E-state index in [0.717, 1.165) is 17.7 Å². The van der Waals surface area contributed by atoms with Gasteiger partial charge in [0, 0.05) is 19.9 Å². The molecule has 3 N–H and O–H groups in total. The minimum Gasteiger partial charge on any atom is -0.344 e. The smallest absolute Gasteiger partial charge is 0.251 e. The van der Waals surface area contributed by atoms with Gasteiger partial charge in [-0.3, -0.25) is 19.3 Å². The number of likely N-dealkylation sites (N-methyl/N-ethyl adjacent to an activating group) is 1.